The Bertz CT molecular complexity index is 2110. The van der Waals surface area contributed by atoms with Crippen LogP contribution in [0.5, 0.6) is 0 Å². The number of fused-ring (bicyclic) bond motifs is 4. The van der Waals surface area contributed by atoms with Crippen molar-refractivity contribution < 1.29 is 0 Å². The zero-order chi connectivity index (χ0) is 33.2. The molecule has 1 heteroatoms. The van der Waals surface area contributed by atoms with Crippen LogP contribution in [0.1, 0.15) is 78.5 Å². The maximum absolute atomic E-state index is 3.92. The Labute approximate surface area is 292 Å². The van der Waals surface area contributed by atoms with Crippen molar-refractivity contribution in [2.24, 2.45) is 0 Å². The highest BCUT2D eigenvalue weighted by Gasteiger charge is 2.35. The molecule has 5 aromatic carbocycles. The third kappa shape index (κ3) is 6.27. The average molecular weight is 636 g/mol. The molecule has 1 unspecified atom stereocenters. The van der Waals surface area contributed by atoms with Crippen molar-refractivity contribution in [3.05, 3.63) is 196 Å². The van der Waals surface area contributed by atoms with E-state index in [9.17, 15) is 0 Å². The van der Waals surface area contributed by atoms with E-state index in [4.69, 9.17) is 0 Å². The van der Waals surface area contributed by atoms with Crippen molar-refractivity contribution in [3.8, 4) is 11.1 Å². The molecule has 1 nitrogen and oxygen atoms in total. The van der Waals surface area contributed by atoms with Crippen LogP contribution in [0.25, 0.3) is 28.0 Å². The lowest BCUT2D eigenvalue weighted by Gasteiger charge is -2.31. The minimum absolute atomic E-state index is 0.0281. The number of hydrogen-bond donors (Lipinski definition) is 1. The first-order valence-electron chi connectivity index (χ1n) is 18.1. The van der Waals surface area contributed by atoms with Gasteiger partial charge in [-0.05, 0) is 111 Å². The van der Waals surface area contributed by atoms with Gasteiger partial charge in [-0.2, -0.15) is 0 Å². The van der Waals surface area contributed by atoms with E-state index in [0.29, 0.717) is 0 Å². The quantitative estimate of drug-likeness (QED) is 0.151. The number of dihydropyridines is 1. The summed E-state index contributed by atoms with van der Waals surface area (Å²) in [6.07, 6.45) is 16.9. The highest BCUT2D eigenvalue weighted by Crippen LogP contribution is 2.49. The number of nitrogens with one attached hydrogen (secondary N) is 1. The summed E-state index contributed by atoms with van der Waals surface area (Å²) in [4.78, 5) is 0. The van der Waals surface area contributed by atoms with E-state index in [1.807, 2.05) is 0 Å². The predicted molar refractivity (Wildman–Crippen MR) is 208 cm³/mol. The highest BCUT2D eigenvalue weighted by molar-refractivity contribution is 5.94. The number of hydrogen-bond acceptors (Lipinski definition) is 1. The highest BCUT2D eigenvalue weighted by atomic mass is 14.9. The fraction of sp³-hybridized carbons (Fsp3) is 0.208. The third-order valence-electron chi connectivity index (χ3n) is 10.8. The number of rotatable bonds is 10. The normalized spacial score (nSPS) is 17.1. The lowest BCUT2D eigenvalue weighted by Crippen LogP contribution is -2.32. The maximum atomic E-state index is 3.92. The molecule has 0 radical (unpaired) electrons. The number of unbranched alkanes of at least 4 members (excludes halogenated alkanes) is 3. The van der Waals surface area contributed by atoms with E-state index in [-0.39, 0.29) is 11.5 Å². The van der Waals surface area contributed by atoms with Gasteiger partial charge in [-0.1, -0.05) is 160 Å². The van der Waals surface area contributed by atoms with Gasteiger partial charge in [0.05, 0.1) is 6.04 Å². The lowest BCUT2D eigenvalue weighted by molar-refractivity contribution is 0.640. The van der Waals surface area contributed by atoms with Gasteiger partial charge in [0, 0.05) is 11.1 Å². The first-order chi connectivity index (χ1) is 24.0. The predicted octanol–water partition coefficient (Wildman–Crippen LogP) is 11.8. The zero-order valence-electron chi connectivity index (χ0n) is 28.8. The third-order valence-corrected chi connectivity index (χ3v) is 10.8. The summed E-state index contributed by atoms with van der Waals surface area (Å²) in [6.45, 7) is 4.71. The summed E-state index contributed by atoms with van der Waals surface area (Å²) >= 11 is 0. The number of benzene rings is 5. The van der Waals surface area contributed by atoms with E-state index in [2.05, 4.69) is 171 Å². The number of aryl methyl sites for hydroxylation is 2. The van der Waals surface area contributed by atoms with Gasteiger partial charge >= 0.3 is 0 Å². The molecule has 0 amide bonds. The maximum Gasteiger partial charge on any atom is 0.0707 e. The van der Waals surface area contributed by atoms with E-state index >= 15 is 0 Å². The molecular weight excluding hydrogens is 591 g/mol. The zero-order valence-corrected chi connectivity index (χ0v) is 28.8. The van der Waals surface area contributed by atoms with Crippen molar-refractivity contribution in [1.82, 2.24) is 5.32 Å². The standard InChI is InChI=1S/C48H45N/c1-48(2)44-25-14-13-24-40(44)41-28-26-39(32-45(41)48)47-33-42(36-21-11-6-12-22-36)43-31-38(27-29-46(43)49-47)37-23-15-20-35(30-37)19-8-4-3-7-16-34-17-9-5-10-18-34/h5-6,9-15,17-18,20-33,46,49H,3-4,7-8,16,19H2,1-2H3. The van der Waals surface area contributed by atoms with Gasteiger partial charge in [0.1, 0.15) is 0 Å². The largest absolute Gasteiger partial charge is 0.374 e. The topological polar surface area (TPSA) is 12.0 Å². The molecule has 49 heavy (non-hydrogen) atoms. The molecule has 8 rings (SSSR count). The minimum atomic E-state index is -0.0281. The molecule has 2 aliphatic carbocycles. The van der Waals surface area contributed by atoms with Crippen molar-refractivity contribution >= 4 is 16.8 Å². The van der Waals surface area contributed by atoms with Crippen LogP contribution in [-0.4, -0.2) is 6.04 Å². The van der Waals surface area contributed by atoms with Crippen LogP contribution in [0.4, 0.5) is 0 Å². The summed E-state index contributed by atoms with van der Waals surface area (Å²) in [5.74, 6) is 0. The lowest BCUT2D eigenvalue weighted by atomic mass is 9.81. The van der Waals surface area contributed by atoms with Gasteiger partial charge < -0.3 is 5.32 Å². The SMILES string of the molecule is CC1(C)c2ccccc2-c2ccc(C3=CC(c4ccccc4)=C4C=C(c5cccc(CCCCCCc6ccccc6)c5)C=CC4N3)cc21. The Morgan fingerprint density at radius 1 is 0.551 bits per heavy atom. The van der Waals surface area contributed by atoms with Crippen molar-refractivity contribution in [2.45, 2.75) is 63.8 Å². The summed E-state index contributed by atoms with van der Waals surface area (Å²) in [7, 11) is 0. The Morgan fingerprint density at radius 3 is 2.04 bits per heavy atom. The minimum Gasteiger partial charge on any atom is -0.374 e. The fourth-order valence-electron chi connectivity index (χ4n) is 8.07. The Kier molecular flexibility index (Phi) is 8.52. The monoisotopic (exact) mass is 635 g/mol. The Morgan fingerprint density at radius 2 is 1.22 bits per heavy atom. The molecule has 0 bridgehead atoms. The number of allylic oxidation sites excluding steroid dienone is 4. The molecule has 242 valence electrons. The first kappa shape index (κ1) is 31.1. The summed E-state index contributed by atoms with van der Waals surface area (Å²) in [5.41, 5.74) is 17.2. The Hall–Kier alpha value is -5.14. The van der Waals surface area contributed by atoms with Gasteiger partial charge in [0.25, 0.3) is 0 Å². The van der Waals surface area contributed by atoms with E-state index in [1.54, 1.807) is 0 Å². The first-order valence-corrected chi connectivity index (χ1v) is 18.1. The van der Waals surface area contributed by atoms with E-state index < -0.39 is 0 Å². The molecule has 0 saturated carbocycles. The summed E-state index contributed by atoms with van der Waals surface area (Å²) < 4.78 is 0. The van der Waals surface area contributed by atoms with Crippen LogP contribution in [0.2, 0.25) is 0 Å². The average Bonchev–Trinajstić information content (AvgIpc) is 3.38. The van der Waals surface area contributed by atoms with Crippen molar-refractivity contribution in [2.75, 3.05) is 0 Å². The molecule has 0 fully saturated rings. The fourth-order valence-corrected chi connectivity index (χ4v) is 8.07. The van der Waals surface area contributed by atoms with Gasteiger partial charge in [-0.3, -0.25) is 0 Å². The van der Waals surface area contributed by atoms with Crippen LogP contribution in [0.3, 0.4) is 0 Å². The Balaban J connectivity index is 1.05. The summed E-state index contributed by atoms with van der Waals surface area (Å²) in [5, 5.41) is 3.92. The summed E-state index contributed by atoms with van der Waals surface area (Å²) in [6, 6.07) is 47.0. The van der Waals surface area contributed by atoms with E-state index in [1.165, 1.54) is 105 Å². The molecule has 3 aliphatic rings. The van der Waals surface area contributed by atoms with Crippen LogP contribution in [-0.2, 0) is 18.3 Å². The second-order valence-electron chi connectivity index (χ2n) is 14.4. The molecular formula is C48H45N. The smallest absolute Gasteiger partial charge is 0.0707 e. The molecule has 1 aliphatic heterocycles. The van der Waals surface area contributed by atoms with Crippen LogP contribution in [0, 0.1) is 0 Å². The van der Waals surface area contributed by atoms with Gasteiger partial charge in [-0.15, -0.1) is 0 Å². The molecule has 0 spiro atoms. The van der Waals surface area contributed by atoms with Crippen molar-refractivity contribution in [1.29, 1.82) is 0 Å². The van der Waals surface area contributed by atoms with Crippen LogP contribution in [0.15, 0.2) is 157 Å². The second-order valence-corrected chi connectivity index (χ2v) is 14.4. The van der Waals surface area contributed by atoms with Crippen molar-refractivity contribution in [3.63, 3.8) is 0 Å². The molecule has 5 aromatic rings. The molecule has 1 heterocycles. The molecule has 0 aromatic heterocycles. The molecule has 1 atom stereocenters. The van der Waals surface area contributed by atoms with Gasteiger partial charge in [0.2, 0.25) is 0 Å². The second kappa shape index (κ2) is 13.4. The van der Waals surface area contributed by atoms with Gasteiger partial charge in [-0.25, -0.2) is 0 Å². The van der Waals surface area contributed by atoms with E-state index in [0.717, 1.165) is 6.42 Å². The van der Waals surface area contributed by atoms with Crippen LogP contribution >= 0.6 is 0 Å². The van der Waals surface area contributed by atoms with Crippen LogP contribution < -0.4 is 5.32 Å². The molecule has 0 saturated heterocycles. The van der Waals surface area contributed by atoms with Gasteiger partial charge in [0.15, 0.2) is 0 Å². The molecule has 1 N–H and O–H groups in total.